The minimum Gasteiger partial charge on any atom is -0.134 e. The van der Waals surface area contributed by atoms with Crippen LogP contribution < -0.4 is 0 Å². The molecule has 0 N–H and O–H groups in total. The van der Waals surface area contributed by atoms with Gasteiger partial charge in [-0.3, -0.25) is 0 Å². The Morgan fingerprint density at radius 1 is 1.54 bits per heavy atom. The maximum Gasteiger partial charge on any atom is 0.0841 e. The molecule has 1 aliphatic carbocycles. The van der Waals surface area contributed by atoms with Crippen molar-refractivity contribution >= 4 is 23.4 Å². The normalized spacial score (nSPS) is 41.8. The monoisotopic (exact) mass is 212 g/mol. The van der Waals surface area contributed by atoms with Gasteiger partial charge in [0.2, 0.25) is 0 Å². The Balaban J connectivity index is 2.24. The second kappa shape index (κ2) is 3.59. The van der Waals surface area contributed by atoms with Crippen molar-refractivity contribution in [2.75, 3.05) is 5.88 Å². The summed E-state index contributed by atoms with van der Waals surface area (Å²) in [5, 5.41) is 0.643. The third-order valence-corrected chi connectivity index (χ3v) is 4.92. The van der Waals surface area contributed by atoms with Crippen LogP contribution in [0, 0.1) is 18.3 Å². The summed E-state index contributed by atoms with van der Waals surface area (Å²) in [4.78, 5) is 0. The number of alkyl halides is 1. The molecule has 0 radical (unpaired) electrons. The fourth-order valence-electron chi connectivity index (χ4n) is 2.24. The van der Waals surface area contributed by atoms with Gasteiger partial charge in [-0.1, -0.05) is 18.1 Å². The van der Waals surface area contributed by atoms with Gasteiger partial charge < -0.3 is 0 Å². The summed E-state index contributed by atoms with van der Waals surface area (Å²) < 4.78 is 0.0133. The van der Waals surface area contributed by atoms with Crippen LogP contribution in [0.15, 0.2) is 12.2 Å². The molecular formula is C11H13ClS. The van der Waals surface area contributed by atoms with Gasteiger partial charge >= 0.3 is 0 Å². The molecule has 70 valence electrons. The fourth-order valence-corrected chi connectivity index (χ4v) is 4.27. The molecule has 2 heteroatoms. The summed E-state index contributed by atoms with van der Waals surface area (Å²) in [5.41, 5.74) is 0. The molecule has 0 aromatic carbocycles. The molecule has 13 heavy (non-hydrogen) atoms. The molecule has 2 heterocycles. The van der Waals surface area contributed by atoms with Crippen molar-refractivity contribution in [2.24, 2.45) is 5.92 Å². The molecule has 3 aliphatic rings. The first-order valence-electron chi connectivity index (χ1n) is 4.70. The van der Waals surface area contributed by atoms with Gasteiger partial charge in [0, 0.05) is 17.0 Å². The standard InChI is InChI=1S/C11H13ClS/c1-2-11(7-8-12)9-3-5-10(13-11)6-4-9/h1,3,5,9-10H,4,6-8H2/t9-,10+,11+/m1/s1. The van der Waals surface area contributed by atoms with E-state index in [1.54, 1.807) is 0 Å². The Labute approximate surface area is 89.1 Å². The topological polar surface area (TPSA) is 0 Å². The Bertz CT molecular complexity index is 266. The van der Waals surface area contributed by atoms with Crippen molar-refractivity contribution in [2.45, 2.75) is 29.3 Å². The van der Waals surface area contributed by atoms with Gasteiger partial charge in [-0.2, -0.15) is 0 Å². The highest BCUT2D eigenvalue weighted by atomic mass is 35.5. The predicted octanol–water partition coefficient (Wildman–Crippen LogP) is 3.07. The summed E-state index contributed by atoms with van der Waals surface area (Å²) >= 11 is 7.75. The molecule has 0 aromatic heterocycles. The maximum absolute atomic E-state index is 5.81. The van der Waals surface area contributed by atoms with E-state index < -0.39 is 0 Å². The Morgan fingerprint density at radius 3 is 2.77 bits per heavy atom. The number of fused-ring (bicyclic) bond motifs is 2. The number of hydrogen-bond acceptors (Lipinski definition) is 1. The van der Waals surface area contributed by atoms with E-state index in [1.807, 2.05) is 11.8 Å². The quantitative estimate of drug-likeness (QED) is 0.385. The van der Waals surface area contributed by atoms with E-state index in [-0.39, 0.29) is 4.75 Å². The van der Waals surface area contributed by atoms with Gasteiger partial charge in [-0.25, -0.2) is 0 Å². The van der Waals surface area contributed by atoms with Crippen LogP contribution in [0.25, 0.3) is 0 Å². The van der Waals surface area contributed by atoms with E-state index in [9.17, 15) is 0 Å². The first-order valence-corrected chi connectivity index (χ1v) is 6.12. The second-order valence-corrected chi connectivity index (χ2v) is 5.65. The number of terminal acetylenes is 1. The molecule has 0 unspecified atom stereocenters. The minimum absolute atomic E-state index is 0.0133. The van der Waals surface area contributed by atoms with E-state index in [0.29, 0.717) is 17.0 Å². The van der Waals surface area contributed by atoms with Gasteiger partial charge in [-0.15, -0.1) is 29.8 Å². The van der Waals surface area contributed by atoms with E-state index in [4.69, 9.17) is 18.0 Å². The summed E-state index contributed by atoms with van der Waals surface area (Å²) in [6, 6.07) is 0. The van der Waals surface area contributed by atoms with Crippen LogP contribution in [0.4, 0.5) is 0 Å². The van der Waals surface area contributed by atoms with Crippen LogP contribution in [0.3, 0.4) is 0 Å². The van der Waals surface area contributed by atoms with Gasteiger partial charge in [0.1, 0.15) is 0 Å². The lowest BCUT2D eigenvalue weighted by atomic mass is 9.81. The molecule has 0 nitrogen and oxygen atoms in total. The highest BCUT2D eigenvalue weighted by molar-refractivity contribution is 8.01. The fraction of sp³-hybridized carbons (Fsp3) is 0.636. The average Bonchev–Trinajstić information content (AvgIpc) is 2.20. The van der Waals surface area contributed by atoms with Crippen LogP contribution in [0.1, 0.15) is 19.3 Å². The Hall–Kier alpha value is -0.0600. The Kier molecular flexibility index (Phi) is 2.62. The molecule has 2 aliphatic heterocycles. The minimum atomic E-state index is 0.0133. The van der Waals surface area contributed by atoms with E-state index in [0.717, 1.165) is 6.42 Å². The van der Waals surface area contributed by atoms with Crippen molar-refractivity contribution < 1.29 is 0 Å². The molecular weight excluding hydrogens is 200 g/mol. The van der Waals surface area contributed by atoms with Crippen LogP contribution >= 0.6 is 23.4 Å². The number of hydrogen-bond donors (Lipinski definition) is 0. The lowest BCUT2D eigenvalue weighted by Gasteiger charge is -2.44. The molecule has 0 saturated carbocycles. The SMILES string of the molecule is C#C[C@@]1(CCCl)S[C@H]2C=C[C@@H]1CC2. The lowest BCUT2D eigenvalue weighted by Crippen LogP contribution is -2.41. The number of allylic oxidation sites excluding steroid dienone is 1. The molecule has 3 atom stereocenters. The number of rotatable bonds is 2. The first kappa shape index (κ1) is 9.49. The molecule has 0 aromatic rings. The van der Waals surface area contributed by atoms with Crippen molar-refractivity contribution in [3.8, 4) is 12.3 Å². The largest absolute Gasteiger partial charge is 0.134 e. The van der Waals surface area contributed by atoms with Crippen molar-refractivity contribution in [3.05, 3.63) is 12.2 Å². The summed E-state index contributed by atoms with van der Waals surface area (Å²) in [5.74, 6) is 4.21. The average molecular weight is 213 g/mol. The zero-order chi connectivity index (χ0) is 9.31. The summed E-state index contributed by atoms with van der Waals surface area (Å²) in [6.07, 6.45) is 13.7. The second-order valence-electron chi connectivity index (χ2n) is 3.70. The van der Waals surface area contributed by atoms with Gasteiger partial charge in [0.25, 0.3) is 0 Å². The zero-order valence-electron chi connectivity index (χ0n) is 7.50. The highest BCUT2D eigenvalue weighted by Crippen LogP contribution is 2.51. The lowest BCUT2D eigenvalue weighted by molar-refractivity contribution is 0.436. The third kappa shape index (κ3) is 1.51. The third-order valence-electron chi connectivity index (χ3n) is 2.99. The maximum atomic E-state index is 5.81. The van der Waals surface area contributed by atoms with E-state index >= 15 is 0 Å². The van der Waals surface area contributed by atoms with Crippen molar-refractivity contribution in [1.29, 1.82) is 0 Å². The number of halogens is 1. The molecule has 1 saturated heterocycles. The van der Waals surface area contributed by atoms with Crippen LogP contribution in [-0.4, -0.2) is 15.9 Å². The number of thioether (sulfide) groups is 1. The zero-order valence-corrected chi connectivity index (χ0v) is 9.07. The Morgan fingerprint density at radius 2 is 2.38 bits per heavy atom. The molecule has 2 bridgehead atoms. The van der Waals surface area contributed by atoms with Crippen LogP contribution in [0.2, 0.25) is 0 Å². The van der Waals surface area contributed by atoms with Crippen LogP contribution in [-0.2, 0) is 0 Å². The smallest absolute Gasteiger partial charge is 0.0841 e. The van der Waals surface area contributed by atoms with Crippen LogP contribution in [0.5, 0.6) is 0 Å². The van der Waals surface area contributed by atoms with Gasteiger partial charge in [0.15, 0.2) is 0 Å². The molecule has 0 amide bonds. The molecule has 3 rings (SSSR count). The van der Waals surface area contributed by atoms with E-state index in [2.05, 4.69) is 18.1 Å². The van der Waals surface area contributed by atoms with E-state index in [1.165, 1.54) is 12.8 Å². The van der Waals surface area contributed by atoms with Gasteiger partial charge in [-0.05, 0) is 19.3 Å². The summed E-state index contributed by atoms with van der Waals surface area (Å²) in [7, 11) is 0. The summed E-state index contributed by atoms with van der Waals surface area (Å²) in [6.45, 7) is 0. The predicted molar refractivity (Wildman–Crippen MR) is 60.1 cm³/mol. The van der Waals surface area contributed by atoms with Gasteiger partial charge in [0.05, 0.1) is 4.75 Å². The highest BCUT2D eigenvalue weighted by Gasteiger charge is 2.43. The van der Waals surface area contributed by atoms with Crippen molar-refractivity contribution in [1.82, 2.24) is 0 Å². The molecule has 1 fully saturated rings. The molecule has 0 spiro atoms. The van der Waals surface area contributed by atoms with Crippen molar-refractivity contribution in [3.63, 3.8) is 0 Å². The first-order chi connectivity index (χ1) is 6.30.